The van der Waals surface area contributed by atoms with E-state index in [-0.39, 0.29) is 0 Å². The van der Waals surface area contributed by atoms with Gasteiger partial charge in [-0.2, -0.15) is 0 Å². The Morgan fingerprint density at radius 1 is 0.667 bits per heavy atom. The molecule has 30 heavy (non-hydrogen) atoms. The zero-order valence-electron chi connectivity index (χ0n) is 19.5. The Bertz CT molecular complexity index is 609. The van der Waals surface area contributed by atoms with Gasteiger partial charge in [0.1, 0.15) is 0 Å². The fourth-order valence-corrected chi connectivity index (χ4v) is 3.55. The van der Waals surface area contributed by atoms with E-state index in [0.717, 1.165) is 44.1 Å². The number of unbranched alkanes of at least 4 members (excludes halogenated alkanes) is 10. The number of hydrogen-bond donors (Lipinski definition) is 0. The van der Waals surface area contributed by atoms with E-state index in [0.29, 0.717) is 30.8 Å². The van der Waals surface area contributed by atoms with Crippen LogP contribution in [0.3, 0.4) is 0 Å². The summed E-state index contributed by atoms with van der Waals surface area (Å²) in [6.07, 6.45) is 14.4. The molecule has 170 valence electrons. The van der Waals surface area contributed by atoms with E-state index in [9.17, 15) is 9.59 Å². The molecule has 1 rings (SSSR count). The molecule has 0 aliphatic rings. The van der Waals surface area contributed by atoms with Crippen LogP contribution in [0.5, 0.6) is 0 Å². The topological polar surface area (TPSA) is 52.6 Å². The minimum absolute atomic E-state index is 0.326. The van der Waals surface area contributed by atoms with Crippen molar-refractivity contribution in [2.24, 2.45) is 0 Å². The van der Waals surface area contributed by atoms with Gasteiger partial charge in [-0.3, -0.25) is 0 Å². The van der Waals surface area contributed by atoms with Crippen LogP contribution in [-0.4, -0.2) is 25.2 Å². The molecule has 0 radical (unpaired) electrons. The summed E-state index contributed by atoms with van der Waals surface area (Å²) in [7, 11) is 0. The van der Waals surface area contributed by atoms with Gasteiger partial charge in [0.25, 0.3) is 0 Å². The number of carbonyl (C=O) groups is 2. The van der Waals surface area contributed by atoms with Crippen LogP contribution in [0.2, 0.25) is 0 Å². The average molecular weight is 419 g/mol. The van der Waals surface area contributed by atoms with Crippen LogP contribution in [0.15, 0.2) is 18.2 Å². The first-order valence-corrected chi connectivity index (χ1v) is 12.1. The van der Waals surface area contributed by atoms with Gasteiger partial charge in [0, 0.05) is 0 Å². The van der Waals surface area contributed by atoms with Gasteiger partial charge in [-0.15, -0.1) is 0 Å². The molecule has 0 bridgehead atoms. The van der Waals surface area contributed by atoms with E-state index < -0.39 is 11.9 Å². The van der Waals surface area contributed by atoms with Crippen LogP contribution < -0.4 is 0 Å². The maximum atomic E-state index is 12.7. The third-order valence-electron chi connectivity index (χ3n) is 5.42. The van der Waals surface area contributed by atoms with E-state index in [1.165, 1.54) is 38.5 Å². The fourth-order valence-electron chi connectivity index (χ4n) is 3.55. The quantitative estimate of drug-likeness (QED) is 0.197. The van der Waals surface area contributed by atoms with Crippen molar-refractivity contribution in [2.45, 2.75) is 104 Å². The zero-order chi connectivity index (χ0) is 22.0. The first-order chi connectivity index (χ1) is 14.7. The number of aryl methyl sites for hydroxylation is 1. The molecule has 4 nitrogen and oxygen atoms in total. The molecule has 0 N–H and O–H groups in total. The number of benzene rings is 1. The van der Waals surface area contributed by atoms with Crippen molar-refractivity contribution in [3.63, 3.8) is 0 Å². The molecule has 0 fully saturated rings. The molecule has 4 heteroatoms. The molecular weight excluding hydrogens is 376 g/mol. The van der Waals surface area contributed by atoms with E-state index >= 15 is 0 Å². The second-order valence-corrected chi connectivity index (χ2v) is 8.00. The summed E-state index contributed by atoms with van der Waals surface area (Å²) in [5.41, 5.74) is 1.53. The Labute approximate surface area is 183 Å². The van der Waals surface area contributed by atoms with E-state index in [2.05, 4.69) is 13.8 Å². The van der Waals surface area contributed by atoms with Gasteiger partial charge in [0.2, 0.25) is 0 Å². The summed E-state index contributed by atoms with van der Waals surface area (Å²) in [4.78, 5) is 25.3. The molecule has 0 amide bonds. The summed E-state index contributed by atoms with van der Waals surface area (Å²) < 4.78 is 10.9. The highest BCUT2D eigenvalue weighted by molar-refractivity contribution is 6.04. The summed E-state index contributed by atoms with van der Waals surface area (Å²) in [5.74, 6) is -0.839. The van der Waals surface area contributed by atoms with Crippen LogP contribution >= 0.6 is 0 Å². The van der Waals surface area contributed by atoms with Gasteiger partial charge in [-0.05, 0) is 30.9 Å². The lowest BCUT2D eigenvalue weighted by atomic mass is 9.99. The normalized spacial score (nSPS) is 10.8. The summed E-state index contributed by atoms with van der Waals surface area (Å²) in [6.45, 7) is 7.14. The Morgan fingerprint density at radius 3 is 1.73 bits per heavy atom. The number of esters is 2. The van der Waals surface area contributed by atoms with Gasteiger partial charge in [0.15, 0.2) is 0 Å². The molecule has 0 spiro atoms. The molecular formula is C26H42O4. The zero-order valence-corrected chi connectivity index (χ0v) is 19.5. The summed E-state index contributed by atoms with van der Waals surface area (Å²) >= 11 is 0. The van der Waals surface area contributed by atoms with Gasteiger partial charge >= 0.3 is 11.9 Å². The molecule has 1 aromatic rings. The summed E-state index contributed by atoms with van der Waals surface area (Å²) in [5, 5.41) is 0. The smallest absolute Gasteiger partial charge is 0.339 e. The third-order valence-corrected chi connectivity index (χ3v) is 5.42. The second kappa shape index (κ2) is 16.9. The van der Waals surface area contributed by atoms with Crippen molar-refractivity contribution in [1.82, 2.24) is 0 Å². The molecule has 0 aliphatic carbocycles. The molecule has 0 saturated carbocycles. The van der Waals surface area contributed by atoms with Gasteiger partial charge in [-0.1, -0.05) is 97.1 Å². The Morgan fingerprint density at radius 2 is 1.17 bits per heavy atom. The predicted octanol–water partition coefficient (Wildman–Crippen LogP) is 7.28. The number of carbonyl (C=O) groups excluding carboxylic acids is 2. The Balaban J connectivity index is 2.51. The highest BCUT2D eigenvalue weighted by Gasteiger charge is 2.22. The minimum atomic E-state index is -0.425. The first kappa shape index (κ1) is 26.2. The van der Waals surface area contributed by atoms with Crippen molar-refractivity contribution >= 4 is 11.9 Å². The lowest BCUT2D eigenvalue weighted by Crippen LogP contribution is -2.17. The van der Waals surface area contributed by atoms with Crippen molar-refractivity contribution in [2.75, 3.05) is 13.2 Å². The Kier molecular flexibility index (Phi) is 14.8. The molecule has 0 saturated heterocycles. The SMILES string of the molecule is CCCCCCCCCCOC(=O)c1cccc(CC)c1C(=O)OCCCCCC. The van der Waals surface area contributed by atoms with Gasteiger partial charge in [-0.25, -0.2) is 9.59 Å². The molecule has 0 aliphatic heterocycles. The van der Waals surface area contributed by atoms with E-state index in [1.807, 2.05) is 19.1 Å². The number of rotatable bonds is 17. The Hall–Kier alpha value is -1.84. The van der Waals surface area contributed by atoms with Crippen LogP contribution in [0.1, 0.15) is 124 Å². The number of hydrogen-bond acceptors (Lipinski definition) is 4. The van der Waals surface area contributed by atoms with E-state index in [4.69, 9.17) is 9.47 Å². The fraction of sp³-hybridized carbons (Fsp3) is 0.692. The van der Waals surface area contributed by atoms with Crippen molar-refractivity contribution in [1.29, 1.82) is 0 Å². The van der Waals surface area contributed by atoms with Crippen molar-refractivity contribution in [3.05, 3.63) is 34.9 Å². The number of ether oxygens (including phenoxy) is 2. The van der Waals surface area contributed by atoms with Crippen LogP contribution in [0.4, 0.5) is 0 Å². The highest BCUT2D eigenvalue weighted by atomic mass is 16.5. The molecule has 0 aromatic heterocycles. The molecule has 1 aromatic carbocycles. The van der Waals surface area contributed by atoms with Crippen molar-refractivity contribution in [3.8, 4) is 0 Å². The lowest BCUT2D eigenvalue weighted by Gasteiger charge is -2.13. The van der Waals surface area contributed by atoms with Crippen molar-refractivity contribution < 1.29 is 19.1 Å². The molecule has 0 atom stereocenters. The average Bonchev–Trinajstić information content (AvgIpc) is 2.76. The second-order valence-electron chi connectivity index (χ2n) is 8.00. The van der Waals surface area contributed by atoms with Crippen LogP contribution in [-0.2, 0) is 15.9 Å². The van der Waals surface area contributed by atoms with Crippen LogP contribution in [0.25, 0.3) is 0 Å². The predicted molar refractivity (Wildman–Crippen MR) is 123 cm³/mol. The standard InChI is InChI=1S/C26H42O4/c1-4-7-9-11-12-13-14-16-20-29-25(27)23-19-17-18-22(6-3)24(23)26(28)30-21-15-10-8-5-2/h17-19H,4-16,20-21H2,1-3H3. The minimum Gasteiger partial charge on any atom is -0.462 e. The monoisotopic (exact) mass is 418 g/mol. The maximum absolute atomic E-state index is 12.7. The maximum Gasteiger partial charge on any atom is 0.339 e. The van der Waals surface area contributed by atoms with E-state index in [1.54, 1.807) is 6.07 Å². The van der Waals surface area contributed by atoms with Crippen LogP contribution in [0, 0.1) is 0 Å². The summed E-state index contributed by atoms with van der Waals surface area (Å²) in [6, 6.07) is 5.36. The highest BCUT2D eigenvalue weighted by Crippen LogP contribution is 2.19. The molecule has 0 heterocycles. The van der Waals surface area contributed by atoms with Gasteiger partial charge < -0.3 is 9.47 Å². The van der Waals surface area contributed by atoms with Gasteiger partial charge in [0.05, 0.1) is 24.3 Å². The lowest BCUT2D eigenvalue weighted by molar-refractivity contribution is 0.0449. The largest absolute Gasteiger partial charge is 0.462 e. The first-order valence-electron chi connectivity index (χ1n) is 12.1. The molecule has 0 unspecified atom stereocenters. The third kappa shape index (κ3) is 10.3.